The zero-order valence-corrected chi connectivity index (χ0v) is 11.3. The van der Waals surface area contributed by atoms with Crippen molar-refractivity contribution >= 4 is 5.91 Å². The van der Waals surface area contributed by atoms with Crippen molar-refractivity contribution in [2.45, 2.75) is 45.6 Å². The van der Waals surface area contributed by atoms with Gasteiger partial charge in [-0.2, -0.15) is 0 Å². The van der Waals surface area contributed by atoms with Crippen LogP contribution in [0.3, 0.4) is 0 Å². The van der Waals surface area contributed by atoms with E-state index in [0.29, 0.717) is 5.92 Å². The van der Waals surface area contributed by atoms with Crippen LogP contribution in [-0.4, -0.2) is 11.5 Å². The first-order chi connectivity index (χ1) is 8.43. The third kappa shape index (κ3) is 2.66. The summed E-state index contributed by atoms with van der Waals surface area (Å²) in [6.45, 7) is 6.37. The summed E-state index contributed by atoms with van der Waals surface area (Å²) in [7, 11) is 0. The molecule has 1 fully saturated rings. The fourth-order valence-electron chi connectivity index (χ4n) is 2.09. The second-order valence-electron chi connectivity index (χ2n) is 5.67. The number of carbonyl (C=O) groups excluding carboxylic acids is 1. The molecular formula is C15H21NO2. The molecular weight excluding hydrogens is 226 g/mol. The molecule has 1 aromatic carbocycles. The molecule has 98 valence electrons. The summed E-state index contributed by atoms with van der Waals surface area (Å²) in [6, 6.07) is 6.16. The molecule has 18 heavy (non-hydrogen) atoms. The Balaban J connectivity index is 2.25. The van der Waals surface area contributed by atoms with Crippen LogP contribution in [0.1, 0.15) is 37.8 Å². The summed E-state index contributed by atoms with van der Waals surface area (Å²) in [5.41, 5.74) is 6.96. The van der Waals surface area contributed by atoms with Crippen molar-refractivity contribution in [3.05, 3.63) is 29.3 Å². The molecule has 1 aromatic rings. The summed E-state index contributed by atoms with van der Waals surface area (Å²) in [6.07, 6.45) is 2.42. The second-order valence-corrected chi connectivity index (χ2v) is 5.67. The predicted molar refractivity (Wildman–Crippen MR) is 71.5 cm³/mol. The molecule has 2 rings (SSSR count). The SMILES string of the molecule is Cc1ccc(CC(C)C)c(OC2(C(N)=O)CC2)c1. The fourth-order valence-corrected chi connectivity index (χ4v) is 2.09. The molecule has 0 bridgehead atoms. The van der Waals surface area contributed by atoms with Crippen LogP contribution < -0.4 is 10.5 Å². The molecule has 0 atom stereocenters. The number of rotatable bonds is 5. The first-order valence-corrected chi connectivity index (χ1v) is 6.51. The third-order valence-corrected chi connectivity index (χ3v) is 3.31. The van der Waals surface area contributed by atoms with Gasteiger partial charge in [0.05, 0.1) is 0 Å². The van der Waals surface area contributed by atoms with Crippen molar-refractivity contribution in [3.8, 4) is 5.75 Å². The van der Waals surface area contributed by atoms with Gasteiger partial charge in [-0.1, -0.05) is 26.0 Å². The average molecular weight is 247 g/mol. The first kappa shape index (κ1) is 12.9. The lowest BCUT2D eigenvalue weighted by atomic mass is 10.0. The number of benzene rings is 1. The Morgan fingerprint density at radius 3 is 2.61 bits per heavy atom. The Labute approximate surface area is 108 Å². The lowest BCUT2D eigenvalue weighted by Gasteiger charge is -2.19. The van der Waals surface area contributed by atoms with E-state index in [4.69, 9.17) is 10.5 Å². The van der Waals surface area contributed by atoms with Crippen LogP contribution in [-0.2, 0) is 11.2 Å². The summed E-state index contributed by atoms with van der Waals surface area (Å²) >= 11 is 0. The number of amides is 1. The van der Waals surface area contributed by atoms with Crippen LogP contribution >= 0.6 is 0 Å². The zero-order chi connectivity index (χ0) is 13.3. The Morgan fingerprint density at radius 2 is 2.11 bits per heavy atom. The molecule has 0 heterocycles. The Bertz CT molecular complexity index is 462. The minimum Gasteiger partial charge on any atom is -0.477 e. The number of primary amides is 1. The van der Waals surface area contributed by atoms with Gasteiger partial charge >= 0.3 is 0 Å². The van der Waals surface area contributed by atoms with Crippen molar-refractivity contribution < 1.29 is 9.53 Å². The van der Waals surface area contributed by atoms with Crippen molar-refractivity contribution in [2.24, 2.45) is 11.7 Å². The van der Waals surface area contributed by atoms with Gasteiger partial charge in [-0.3, -0.25) is 4.79 Å². The molecule has 3 heteroatoms. The average Bonchev–Trinajstić information content (AvgIpc) is 3.03. The zero-order valence-electron chi connectivity index (χ0n) is 11.3. The van der Waals surface area contributed by atoms with Gasteiger partial charge in [-0.05, 0) is 36.5 Å². The molecule has 0 unspecified atom stereocenters. The number of carbonyl (C=O) groups is 1. The van der Waals surface area contributed by atoms with Gasteiger partial charge in [0.2, 0.25) is 0 Å². The fraction of sp³-hybridized carbons (Fsp3) is 0.533. The second kappa shape index (κ2) is 4.63. The Hall–Kier alpha value is -1.51. The van der Waals surface area contributed by atoms with Gasteiger partial charge in [-0.25, -0.2) is 0 Å². The van der Waals surface area contributed by atoms with Crippen LogP contribution in [0.15, 0.2) is 18.2 Å². The smallest absolute Gasteiger partial charge is 0.261 e. The molecule has 0 saturated heterocycles. The van der Waals surface area contributed by atoms with Crippen molar-refractivity contribution in [3.63, 3.8) is 0 Å². The van der Waals surface area contributed by atoms with E-state index in [1.807, 2.05) is 13.0 Å². The van der Waals surface area contributed by atoms with Crippen LogP contribution in [0.2, 0.25) is 0 Å². The minimum atomic E-state index is -0.737. The maximum absolute atomic E-state index is 11.4. The summed E-state index contributed by atoms with van der Waals surface area (Å²) in [4.78, 5) is 11.4. The molecule has 1 amide bonds. The molecule has 0 spiro atoms. The van der Waals surface area contributed by atoms with E-state index in [2.05, 4.69) is 26.0 Å². The number of aryl methyl sites for hydroxylation is 1. The monoisotopic (exact) mass is 247 g/mol. The van der Waals surface area contributed by atoms with Crippen molar-refractivity contribution in [1.29, 1.82) is 0 Å². The highest BCUT2D eigenvalue weighted by Gasteiger charge is 2.51. The van der Waals surface area contributed by atoms with E-state index in [-0.39, 0.29) is 5.91 Å². The van der Waals surface area contributed by atoms with E-state index >= 15 is 0 Å². The van der Waals surface area contributed by atoms with Crippen LogP contribution in [0, 0.1) is 12.8 Å². The number of hydrogen-bond acceptors (Lipinski definition) is 2. The predicted octanol–water partition coefficient (Wildman–Crippen LogP) is 2.59. The lowest BCUT2D eigenvalue weighted by Crippen LogP contribution is -2.36. The van der Waals surface area contributed by atoms with E-state index in [1.165, 1.54) is 0 Å². The van der Waals surface area contributed by atoms with Crippen LogP contribution in [0.25, 0.3) is 0 Å². The summed E-state index contributed by atoms with van der Waals surface area (Å²) < 4.78 is 5.91. The van der Waals surface area contributed by atoms with Gasteiger partial charge in [-0.15, -0.1) is 0 Å². The number of ether oxygens (including phenoxy) is 1. The molecule has 1 aliphatic carbocycles. The highest BCUT2D eigenvalue weighted by atomic mass is 16.5. The normalized spacial score (nSPS) is 16.7. The van der Waals surface area contributed by atoms with Crippen molar-refractivity contribution in [2.75, 3.05) is 0 Å². The molecule has 2 N–H and O–H groups in total. The van der Waals surface area contributed by atoms with E-state index in [0.717, 1.165) is 36.1 Å². The van der Waals surface area contributed by atoms with Gasteiger partial charge in [0.15, 0.2) is 5.60 Å². The maximum Gasteiger partial charge on any atom is 0.261 e. The standard InChI is InChI=1S/C15H21NO2/c1-10(2)8-12-5-4-11(3)9-13(12)18-15(6-7-15)14(16)17/h4-5,9-10H,6-8H2,1-3H3,(H2,16,17). The van der Waals surface area contributed by atoms with Gasteiger partial charge in [0, 0.05) is 12.8 Å². The van der Waals surface area contributed by atoms with Crippen LogP contribution in [0.4, 0.5) is 0 Å². The van der Waals surface area contributed by atoms with Crippen LogP contribution in [0.5, 0.6) is 5.75 Å². The molecule has 3 nitrogen and oxygen atoms in total. The molecule has 0 aliphatic heterocycles. The minimum absolute atomic E-state index is 0.348. The molecule has 1 aliphatic rings. The summed E-state index contributed by atoms with van der Waals surface area (Å²) in [5, 5.41) is 0. The topological polar surface area (TPSA) is 52.3 Å². The van der Waals surface area contributed by atoms with E-state index < -0.39 is 5.60 Å². The maximum atomic E-state index is 11.4. The van der Waals surface area contributed by atoms with Gasteiger partial charge in [0.1, 0.15) is 5.75 Å². The Kier molecular flexibility index (Phi) is 3.33. The molecule has 1 saturated carbocycles. The highest BCUT2D eigenvalue weighted by Crippen LogP contribution is 2.41. The highest BCUT2D eigenvalue weighted by molar-refractivity contribution is 5.87. The summed E-state index contributed by atoms with van der Waals surface area (Å²) in [5.74, 6) is 1.03. The molecule has 0 radical (unpaired) electrons. The van der Waals surface area contributed by atoms with E-state index in [9.17, 15) is 4.79 Å². The first-order valence-electron chi connectivity index (χ1n) is 6.51. The van der Waals surface area contributed by atoms with Gasteiger partial charge < -0.3 is 10.5 Å². The van der Waals surface area contributed by atoms with E-state index in [1.54, 1.807) is 0 Å². The van der Waals surface area contributed by atoms with Crippen molar-refractivity contribution in [1.82, 2.24) is 0 Å². The molecule has 0 aromatic heterocycles. The van der Waals surface area contributed by atoms with Gasteiger partial charge in [0.25, 0.3) is 5.91 Å². The third-order valence-electron chi connectivity index (χ3n) is 3.31. The Morgan fingerprint density at radius 1 is 1.44 bits per heavy atom. The lowest BCUT2D eigenvalue weighted by molar-refractivity contribution is -0.126. The largest absolute Gasteiger partial charge is 0.477 e. The number of nitrogens with two attached hydrogens (primary N) is 1. The number of hydrogen-bond donors (Lipinski definition) is 1. The quantitative estimate of drug-likeness (QED) is 0.869.